The number of nitrogens with zero attached hydrogens (tertiary/aromatic N) is 1. The van der Waals surface area contributed by atoms with E-state index in [0.29, 0.717) is 18.7 Å². The lowest BCUT2D eigenvalue weighted by molar-refractivity contribution is -0.121. The molecule has 136 valence electrons. The van der Waals surface area contributed by atoms with E-state index in [-0.39, 0.29) is 24.3 Å². The van der Waals surface area contributed by atoms with Gasteiger partial charge in [-0.05, 0) is 17.7 Å². The van der Waals surface area contributed by atoms with E-state index in [9.17, 15) is 9.59 Å². The molecular weight excluding hydrogens is 338 g/mol. The normalized spacial score (nSPS) is 15.8. The molecule has 3 aromatic rings. The number of fused-ring (bicyclic) bond motifs is 2. The van der Waals surface area contributed by atoms with Crippen LogP contribution in [0, 0.1) is 0 Å². The summed E-state index contributed by atoms with van der Waals surface area (Å²) in [4.78, 5) is 30.2. The van der Waals surface area contributed by atoms with Crippen LogP contribution in [0.15, 0.2) is 67.4 Å². The molecule has 5 heteroatoms. The van der Waals surface area contributed by atoms with Crippen molar-refractivity contribution in [1.29, 1.82) is 0 Å². The number of hydrogen-bond acceptors (Lipinski definition) is 2. The van der Waals surface area contributed by atoms with Gasteiger partial charge in [0.2, 0.25) is 5.91 Å². The molecule has 1 aliphatic heterocycles. The van der Waals surface area contributed by atoms with Crippen LogP contribution in [0.5, 0.6) is 0 Å². The summed E-state index contributed by atoms with van der Waals surface area (Å²) in [6.45, 7) is 4.39. The second-order valence-corrected chi connectivity index (χ2v) is 6.62. The van der Waals surface area contributed by atoms with Crippen LogP contribution in [0.4, 0.5) is 0 Å². The molecule has 1 atom stereocenters. The third-order valence-electron chi connectivity index (χ3n) is 5.00. The Morgan fingerprint density at radius 2 is 1.93 bits per heavy atom. The zero-order valence-corrected chi connectivity index (χ0v) is 14.9. The first kappa shape index (κ1) is 17.1. The zero-order valence-electron chi connectivity index (χ0n) is 14.9. The maximum Gasteiger partial charge on any atom is 0.255 e. The number of amides is 2. The van der Waals surface area contributed by atoms with Gasteiger partial charge in [-0.3, -0.25) is 9.59 Å². The van der Waals surface area contributed by atoms with Crippen molar-refractivity contribution in [2.45, 2.75) is 12.5 Å². The highest BCUT2D eigenvalue weighted by Gasteiger charge is 2.38. The molecule has 0 saturated carbocycles. The van der Waals surface area contributed by atoms with Gasteiger partial charge in [-0.25, -0.2) is 0 Å². The number of aromatic amines is 1. The van der Waals surface area contributed by atoms with Crippen LogP contribution in [0.1, 0.15) is 33.9 Å². The lowest BCUT2D eigenvalue weighted by Crippen LogP contribution is -2.33. The van der Waals surface area contributed by atoms with Crippen LogP contribution in [0.3, 0.4) is 0 Å². The molecule has 2 amide bonds. The lowest BCUT2D eigenvalue weighted by Gasteiger charge is -2.25. The van der Waals surface area contributed by atoms with Gasteiger partial charge in [0.05, 0.1) is 6.04 Å². The quantitative estimate of drug-likeness (QED) is 0.663. The molecule has 0 saturated heterocycles. The highest BCUT2D eigenvalue weighted by molar-refractivity contribution is 6.01. The minimum atomic E-state index is -0.197. The van der Waals surface area contributed by atoms with Gasteiger partial charge in [-0.2, -0.15) is 0 Å². The average molecular weight is 359 g/mol. The Labute approximate surface area is 157 Å². The summed E-state index contributed by atoms with van der Waals surface area (Å²) in [6.07, 6.45) is 3.87. The summed E-state index contributed by atoms with van der Waals surface area (Å²) in [5, 5.41) is 3.86. The molecule has 1 aliphatic rings. The third kappa shape index (κ3) is 3.01. The predicted molar refractivity (Wildman–Crippen MR) is 105 cm³/mol. The highest BCUT2D eigenvalue weighted by atomic mass is 16.2. The number of H-pyrrole nitrogens is 1. The topological polar surface area (TPSA) is 65.2 Å². The largest absolute Gasteiger partial charge is 0.361 e. The third-order valence-corrected chi connectivity index (χ3v) is 5.00. The molecule has 27 heavy (non-hydrogen) atoms. The Hall–Kier alpha value is -3.34. The Bertz CT molecular complexity index is 1020. The maximum atomic E-state index is 13.0. The molecule has 2 aromatic carbocycles. The first-order valence-corrected chi connectivity index (χ1v) is 9.04. The van der Waals surface area contributed by atoms with Gasteiger partial charge in [0, 0.05) is 47.7 Å². The smallest absolute Gasteiger partial charge is 0.255 e. The molecule has 0 radical (unpaired) electrons. The first-order valence-electron chi connectivity index (χ1n) is 9.04. The first-order chi connectivity index (χ1) is 13.2. The average Bonchev–Trinajstić information content (AvgIpc) is 3.24. The van der Waals surface area contributed by atoms with Crippen molar-refractivity contribution in [3.05, 3.63) is 84.1 Å². The molecule has 0 fully saturated rings. The van der Waals surface area contributed by atoms with Gasteiger partial charge in [-0.15, -0.1) is 6.58 Å². The Balaban J connectivity index is 1.70. The summed E-state index contributed by atoms with van der Waals surface area (Å²) < 4.78 is 0. The second kappa shape index (κ2) is 7.11. The second-order valence-electron chi connectivity index (χ2n) is 6.62. The lowest BCUT2D eigenvalue weighted by atomic mass is 9.97. The molecule has 2 N–H and O–H groups in total. The zero-order chi connectivity index (χ0) is 18.8. The Morgan fingerprint density at radius 1 is 1.15 bits per heavy atom. The minimum Gasteiger partial charge on any atom is -0.361 e. The standard InChI is InChI=1S/C22H21N3O2/c1-2-12-23-20(26)11-13-25-21(16-8-3-4-9-17(16)22(25)27)18-14-24-19-10-6-5-7-15(18)19/h2-10,14,21,24H,1,11-13H2,(H,23,26). The number of para-hydroxylation sites is 1. The molecular formula is C22H21N3O2. The summed E-state index contributed by atoms with van der Waals surface area (Å²) in [5.41, 5.74) is 3.78. The number of hydrogen-bond donors (Lipinski definition) is 2. The number of carbonyl (C=O) groups is 2. The highest BCUT2D eigenvalue weighted by Crippen LogP contribution is 2.40. The van der Waals surface area contributed by atoms with E-state index in [1.807, 2.05) is 48.7 Å². The number of rotatable bonds is 6. The van der Waals surface area contributed by atoms with Crippen molar-refractivity contribution < 1.29 is 9.59 Å². The van der Waals surface area contributed by atoms with Crippen molar-refractivity contribution >= 4 is 22.7 Å². The van der Waals surface area contributed by atoms with Crippen molar-refractivity contribution in [3.63, 3.8) is 0 Å². The van der Waals surface area contributed by atoms with Crippen molar-refractivity contribution in [2.75, 3.05) is 13.1 Å². The summed E-state index contributed by atoms with van der Waals surface area (Å²) in [7, 11) is 0. The van der Waals surface area contributed by atoms with Crippen LogP contribution in [0.2, 0.25) is 0 Å². The van der Waals surface area contributed by atoms with Crippen LogP contribution >= 0.6 is 0 Å². The van der Waals surface area contributed by atoms with E-state index in [4.69, 9.17) is 0 Å². The Kier molecular flexibility index (Phi) is 4.50. The molecule has 0 bridgehead atoms. The van der Waals surface area contributed by atoms with Crippen molar-refractivity contribution in [2.24, 2.45) is 0 Å². The SMILES string of the molecule is C=CCNC(=O)CCN1C(=O)c2ccccc2C1c1c[nH]c2ccccc12. The number of carbonyl (C=O) groups excluding carboxylic acids is 2. The van der Waals surface area contributed by atoms with Gasteiger partial charge in [-0.1, -0.05) is 42.5 Å². The van der Waals surface area contributed by atoms with E-state index < -0.39 is 0 Å². The van der Waals surface area contributed by atoms with Crippen LogP contribution in [-0.4, -0.2) is 34.8 Å². The maximum absolute atomic E-state index is 13.0. The van der Waals surface area contributed by atoms with Crippen LogP contribution < -0.4 is 5.32 Å². The predicted octanol–water partition coefficient (Wildman–Crippen LogP) is 3.41. The molecule has 1 aromatic heterocycles. The molecule has 0 aliphatic carbocycles. The summed E-state index contributed by atoms with van der Waals surface area (Å²) >= 11 is 0. The number of benzene rings is 2. The summed E-state index contributed by atoms with van der Waals surface area (Å²) in [6, 6.07) is 15.5. The molecule has 0 spiro atoms. The monoisotopic (exact) mass is 359 g/mol. The number of aromatic nitrogens is 1. The Morgan fingerprint density at radius 3 is 2.78 bits per heavy atom. The molecule has 4 rings (SSSR count). The van der Waals surface area contributed by atoms with Gasteiger partial charge >= 0.3 is 0 Å². The molecule has 1 unspecified atom stereocenters. The van der Waals surface area contributed by atoms with Gasteiger partial charge < -0.3 is 15.2 Å². The molecule has 5 nitrogen and oxygen atoms in total. The summed E-state index contributed by atoms with van der Waals surface area (Å²) in [5.74, 6) is -0.117. The fourth-order valence-electron chi connectivity index (χ4n) is 3.75. The van der Waals surface area contributed by atoms with Gasteiger partial charge in [0.25, 0.3) is 5.91 Å². The van der Waals surface area contributed by atoms with Crippen molar-refractivity contribution in [3.8, 4) is 0 Å². The van der Waals surface area contributed by atoms with E-state index >= 15 is 0 Å². The van der Waals surface area contributed by atoms with Gasteiger partial charge in [0.1, 0.15) is 0 Å². The molecule has 2 heterocycles. The number of nitrogens with one attached hydrogen (secondary N) is 2. The van der Waals surface area contributed by atoms with Gasteiger partial charge in [0.15, 0.2) is 0 Å². The fourth-order valence-corrected chi connectivity index (χ4v) is 3.75. The fraction of sp³-hybridized carbons (Fsp3) is 0.182. The van der Waals surface area contributed by atoms with Crippen LogP contribution in [0.25, 0.3) is 10.9 Å². The van der Waals surface area contributed by atoms with E-state index in [0.717, 1.165) is 22.0 Å². The van der Waals surface area contributed by atoms with E-state index in [2.05, 4.69) is 22.9 Å². The van der Waals surface area contributed by atoms with E-state index in [1.165, 1.54) is 0 Å². The van der Waals surface area contributed by atoms with Crippen LogP contribution in [-0.2, 0) is 4.79 Å². The minimum absolute atomic E-state index is 0.0302. The van der Waals surface area contributed by atoms with E-state index in [1.54, 1.807) is 11.0 Å². The van der Waals surface area contributed by atoms with Crippen molar-refractivity contribution in [1.82, 2.24) is 15.2 Å².